The molecular formula is C20H18N4O3S. The number of aryl methyl sites for hydroxylation is 1. The second-order valence-electron chi connectivity index (χ2n) is 5.96. The number of aromatic carboxylic acids is 1. The summed E-state index contributed by atoms with van der Waals surface area (Å²) in [5.74, 6) is -0.624. The van der Waals surface area contributed by atoms with E-state index < -0.39 is 5.97 Å². The molecule has 3 rings (SSSR count). The molecule has 3 N–H and O–H groups in total. The lowest BCUT2D eigenvalue weighted by atomic mass is 10.2. The number of para-hydroxylation sites is 1. The highest BCUT2D eigenvalue weighted by atomic mass is 32.2. The number of aromatic nitrogens is 2. The molecule has 0 bridgehead atoms. The van der Waals surface area contributed by atoms with Crippen molar-refractivity contribution >= 4 is 40.8 Å². The van der Waals surface area contributed by atoms with Crippen LogP contribution in [0.4, 0.5) is 17.2 Å². The van der Waals surface area contributed by atoms with Crippen LogP contribution in [0.15, 0.2) is 64.6 Å². The number of rotatable bonds is 6. The largest absolute Gasteiger partial charge is 0.478 e. The zero-order valence-corrected chi connectivity index (χ0v) is 16.1. The fourth-order valence-corrected chi connectivity index (χ4v) is 3.30. The highest BCUT2D eigenvalue weighted by Gasteiger charge is 2.11. The number of amides is 1. The smallest absolute Gasteiger partial charge is 0.337 e. The quantitative estimate of drug-likeness (QED) is 0.534. The van der Waals surface area contributed by atoms with Gasteiger partial charge < -0.3 is 15.7 Å². The summed E-state index contributed by atoms with van der Waals surface area (Å²) in [6.45, 7) is 3.31. The van der Waals surface area contributed by atoms with Crippen LogP contribution in [0, 0.1) is 6.92 Å². The second kappa shape index (κ2) is 8.53. The molecule has 0 saturated carbocycles. The standard InChI is InChI=1S/C20H18N4O3S/c1-12-11-18(23-17-6-4-3-5-16(17)19(26)27)24-20(21-12)28-15-9-7-14(8-10-15)22-13(2)25/h3-11H,1-2H3,(H,22,25)(H,26,27)(H,21,23,24). The molecule has 0 unspecified atom stereocenters. The maximum atomic E-state index is 11.4. The Kier molecular flexibility index (Phi) is 5.90. The van der Waals surface area contributed by atoms with E-state index in [0.29, 0.717) is 16.7 Å². The van der Waals surface area contributed by atoms with Crippen molar-refractivity contribution in [3.05, 3.63) is 65.9 Å². The van der Waals surface area contributed by atoms with Gasteiger partial charge in [-0.2, -0.15) is 0 Å². The predicted octanol–water partition coefficient (Wildman–Crippen LogP) is 4.34. The summed E-state index contributed by atoms with van der Waals surface area (Å²) in [4.78, 5) is 32.3. The van der Waals surface area contributed by atoms with E-state index in [4.69, 9.17) is 0 Å². The fraction of sp³-hybridized carbons (Fsp3) is 0.100. The Balaban J connectivity index is 1.80. The minimum atomic E-state index is -1.01. The zero-order chi connectivity index (χ0) is 20.1. The van der Waals surface area contributed by atoms with Gasteiger partial charge in [0.15, 0.2) is 5.16 Å². The van der Waals surface area contributed by atoms with Gasteiger partial charge in [-0.25, -0.2) is 14.8 Å². The lowest BCUT2D eigenvalue weighted by Gasteiger charge is -2.10. The summed E-state index contributed by atoms with van der Waals surface area (Å²) in [5, 5.41) is 15.6. The van der Waals surface area contributed by atoms with E-state index >= 15 is 0 Å². The first-order valence-corrected chi connectivity index (χ1v) is 9.23. The molecule has 8 heteroatoms. The molecule has 1 heterocycles. The molecule has 0 aliphatic carbocycles. The van der Waals surface area contributed by atoms with Crippen molar-refractivity contribution in [2.24, 2.45) is 0 Å². The topological polar surface area (TPSA) is 104 Å². The summed E-state index contributed by atoms with van der Waals surface area (Å²) in [6, 6.07) is 15.8. The lowest BCUT2D eigenvalue weighted by Crippen LogP contribution is -2.05. The molecule has 0 spiro atoms. The number of hydrogen-bond donors (Lipinski definition) is 3. The van der Waals surface area contributed by atoms with Gasteiger partial charge in [0.05, 0.1) is 11.3 Å². The summed E-state index contributed by atoms with van der Waals surface area (Å²) in [5.41, 5.74) is 2.10. The first-order valence-electron chi connectivity index (χ1n) is 8.41. The molecule has 7 nitrogen and oxygen atoms in total. The number of carbonyl (C=O) groups excluding carboxylic acids is 1. The Morgan fingerprint density at radius 2 is 1.75 bits per heavy atom. The summed E-state index contributed by atoms with van der Waals surface area (Å²) < 4.78 is 0. The van der Waals surface area contributed by atoms with E-state index in [1.54, 1.807) is 24.3 Å². The molecule has 0 fully saturated rings. The van der Waals surface area contributed by atoms with E-state index in [1.807, 2.05) is 31.2 Å². The molecule has 28 heavy (non-hydrogen) atoms. The maximum Gasteiger partial charge on any atom is 0.337 e. The molecule has 3 aromatic rings. The van der Waals surface area contributed by atoms with Crippen LogP contribution in [-0.4, -0.2) is 27.0 Å². The lowest BCUT2D eigenvalue weighted by molar-refractivity contribution is -0.114. The second-order valence-corrected chi connectivity index (χ2v) is 7.00. The van der Waals surface area contributed by atoms with Gasteiger partial charge in [-0.15, -0.1) is 0 Å². The number of benzene rings is 2. The number of nitrogens with one attached hydrogen (secondary N) is 2. The zero-order valence-electron chi connectivity index (χ0n) is 15.3. The number of hydrogen-bond acceptors (Lipinski definition) is 6. The van der Waals surface area contributed by atoms with Crippen molar-refractivity contribution in [3.8, 4) is 0 Å². The number of nitrogens with zero attached hydrogens (tertiary/aromatic N) is 2. The highest BCUT2D eigenvalue weighted by molar-refractivity contribution is 7.99. The van der Waals surface area contributed by atoms with E-state index in [1.165, 1.54) is 24.8 Å². The molecule has 0 aliphatic heterocycles. The SMILES string of the molecule is CC(=O)Nc1ccc(Sc2nc(C)cc(Nc3ccccc3C(=O)O)n2)cc1. The van der Waals surface area contributed by atoms with Crippen LogP contribution >= 0.6 is 11.8 Å². The average molecular weight is 394 g/mol. The Morgan fingerprint density at radius 3 is 2.43 bits per heavy atom. The number of carboxylic acids is 1. The Bertz CT molecular complexity index is 1020. The van der Waals surface area contributed by atoms with Crippen molar-refractivity contribution in [1.29, 1.82) is 0 Å². The van der Waals surface area contributed by atoms with Gasteiger partial charge in [0.25, 0.3) is 0 Å². The van der Waals surface area contributed by atoms with Crippen LogP contribution in [0.2, 0.25) is 0 Å². The van der Waals surface area contributed by atoms with Crippen LogP contribution in [0.1, 0.15) is 23.0 Å². The molecule has 0 saturated heterocycles. The maximum absolute atomic E-state index is 11.4. The monoisotopic (exact) mass is 394 g/mol. The molecule has 0 atom stereocenters. The number of carboxylic acid groups (broad SMARTS) is 1. The van der Waals surface area contributed by atoms with E-state index in [0.717, 1.165) is 16.3 Å². The van der Waals surface area contributed by atoms with Crippen molar-refractivity contribution in [2.45, 2.75) is 23.9 Å². The summed E-state index contributed by atoms with van der Waals surface area (Å²) in [7, 11) is 0. The van der Waals surface area contributed by atoms with Crippen molar-refractivity contribution in [3.63, 3.8) is 0 Å². The summed E-state index contributed by atoms with van der Waals surface area (Å²) in [6.07, 6.45) is 0. The van der Waals surface area contributed by atoms with Crippen LogP contribution in [-0.2, 0) is 4.79 Å². The van der Waals surface area contributed by atoms with Gasteiger partial charge in [0, 0.05) is 29.3 Å². The van der Waals surface area contributed by atoms with Gasteiger partial charge in [0.2, 0.25) is 5.91 Å². The molecule has 0 radical (unpaired) electrons. The molecule has 0 aliphatic rings. The first kappa shape index (κ1) is 19.4. The Labute approximate surface area is 166 Å². The van der Waals surface area contributed by atoms with Crippen LogP contribution in [0.5, 0.6) is 0 Å². The number of carbonyl (C=O) groups is 2. The normalized spacial score (nSPS) is 10.4. The van der Waals surface area contributed by atoms with Crippen LogP contribution < -0.4 is 10.6 Å². The molecule has 1 aromatic heterocycles. The minimum Gasteiger partial charge on any atom is -0.478 e. The van der Waals surface area contributed by atoms with Gasteiger partial charge in [0.1, 0.15) is 5.82 Å². The minimum absolute atomic E-state index is 0.125. The third-order valence-corrected chi connectivity index (χ3v) is 4.51. The predicted molar refractivity (Wildman–Crippen MR) is 108 cm³/mol. The molecule has 2 aromatic carbocycles. The molecular weight excluding hydrogens is 376 g/mol. The van der Waals surface area contributed by atoms with Gasteiger partial charge in [-0.05, 0) is 55.1 Å². The average Bonchev–Trinajstić information content (AvgIpc) is 2.63. The molecule has 1 amide bonds. The van der Waals surface area contributed by atoms with Crippen molar-refractivity contribution in [1.82, 2.24) is 9.97 Å². The highest BCUT2D eigenvalue weighted by Crippen LogP contribution is 2.28. The van der Waals surface area contributed by atoms with Gasteiger partial charge >= 0.3 is 5.97 Å². The van der Waals surface area contributed by atoms with Crippen molar-refractivity contribution < 1.29 is 14.7 Å². The third-order valence-electron chi connectivity index (χ3n) is 3.64. The Morgan fingerprint density at radius 1 is 1.04 bits per heavy atom. The first-order chi connectivity index (χ1) is 13.4. The van der Waals surface area contributed by atoms with Crippen molar-refractivity contribution in [2.75, 3.05) is 10.6 Å². The molecule has 142 valence electrons. The summed E-state index contributed by atoms with van der Waals surface area (Å²) >= 11 is 1.37. The number of anilines is 3. The Hall–Kier alpha value is -3.39. The fourth-order valence-electron chi connectivity index (χ4n) is 2.48. The van der Waals surface area contributed by atoms with Crippen LogP contribution in [0.3, 0.4) is 0 Å². The van der Waals surface area contributed by atoms with E-state index in [-0.39, 0.29) is 11.5 Å². The van der Waals surface area contributed by atoms with Crippen LogP contribution in [0.25, 0.3) is 0 Å². The van der Waals surface area contributed by atoms with E-state index in [9.17, 15) is 14.7 Å². The van der Waals surface area contributed by atoms with E-state index in [2.05, 4.69) is 20.6 Å². The van der Waals surface area contributed by atoms with Gasteiger partial charge in [-0.1, -0.05) is 12.1 Å². The third kappa shape index (κ3) is 5.08. The van der Waals surface area contributed by atoms with Gasteiger partial charge in [-0.3, -0.25) is 4.79 Å².